The molecule has 7 heteroatoms. The molecule has 3 aromatic rings. The van der Waals surface area contributed by atoms with Crippen molar-refractivity contribution in [3.05, 3.63) is 98.7 Å². The lowest BCUT2D eigenvalue weighted by Crippen LogP contribution is -2.37. The number of carbonyl (C=O) groups excluding carboxylic acids is 2. The van der Waals surface area contributed by atoms with Crippen LogP contribution in [0.3, 0.4) is 0 Å². The van der Waals surface area contributed by atoms with E-state index in [-0.39, 0.29) is 34.7 Å². The number of nitrogens with one attached hydrogen (secondary N) is 1. The van der Waals surface area contributed by atoms with Crippen molar-refractivity contribution in [3.8, 4) is 5.75 Å². The van der Waals surface area contributed by atoms with Gasteiger partial charge in [0.15, 0.2) is 11.2 Å². The third kappa shape index (κ3) is 3.73. The van der Waals surface area contributed by atoms with Crippen molar-refractivity contribution in [2.45, 2.75) is 31.6 Å². The number of benzene rings is 2. The molecule has 0 fully saturated rings. The summed E-state index contributed by atoms with van der Waals surface area (Å²) in [5, 5.41) is 3.66. The molecule has 0 radical (unpaired) electrons. The second kappa shape index (κ2) is 8.91. The lowest BCUT2D eigenvalue weighted by Gasteiger charge is -2.36. The van der Waals surface area contributed by atoms with Crippen molar-refractivity contribution in [1.29, 1.82) is 0 Å². The summed E-state index contributed by atoms with van der Waals surface area (Å²) in [7, 11) is 2.89. The van der Waals surface area contributed by atoms with E-state index in [1.165, 1.54) is 13.4 Å². The molecular weight excluding hydrogens is 446 g/mol. The minimum absolute atomic E-state index is 0.106. The van der Waals surface area contributed by atoms with E-state index in [1.807, 2.05) is 24.3 Å². The third-order valence-electron chi connectivity index (χ3n) is 6.83. The number of Topliss-reactive ketones (excluding diaryl/α,β-unsaturated/α-hetero) is 1. The van der Waals surface area contributed by atoms with Crippen LogP contribution in [0.5, 0.6) is 5.75 Å². The maximum atomic E-state index is 13.7. The summed E-state index contributed by atoms with van der Waals surface area (Å²) in [5.74, 6) is -1.00. The van der Waals surface area contributed by atoms with E-state index in [1.54, 1.807) is 38.3 Å². The van der Waals surface area contributed by atoms with Gasteiger partial charge >= 0.3 is 5.97 Å². The van der Waals surface area contributed by atoms with Crippen LogP contribution >= 0.6 is 0 Å². The maximum absolute atomic E-state index is 13.7. The van der Waals surface area contributed by atoms with Gasteiger partial charge in [-0.2, -0.15) is 0 Å². The highest BCUT2D eigenvalue weighted by atomic mass is 16.5. The number of fused-ring (bicyclic) bond motifs is 1. The zero-order chi connectivity index (χ0) is 24.7. The van der Waals surface area contributed by atoms with Crippen molar-refractivity contribution in [1.82, 2.24) is 5.32 Å². The first-order chi connectivity index (χ1) is 16.9. The lowest BCUT2D eigenvalue weighted by atomic mass is 9.71. The fraction of sp³-hybridized carbons (Fsp3) is 0.250. The van der Waals surface area contributed by atoms with Crippen LogP contribution in [0.15, 0.2) is 86.5 Å². The molecule has 0 unspecified atom stereocenters. The molecule has 0 bridgehead atoms. The molecule has 1 aliphatic carbocycles. The van der Waals surface area contributed by atoms with Gasteiger partial charge in [-0.1, -0.05) is 30.3 Å². The molecule has 5 rings (SSSR count). The number of methoxy groups -OCH3 is 2. The Balaban J connectivity index is 1.68. The first kappa shape index (κ1) is 22.7. The van der Waals surface area contributed by atoms with Gasteiger partial charge in [0.1, 0.15) is 11.3 Å². The van der Waals surface area contributed by atoms with Gasteiger partial charge in [0.05, 0.1) is 37.4 Å². The smallest absolute Gasteiger partial charge is 0.336 e. The van der Waals surface area contributed by atoms with E-state index in [2.05, 4.69) is 5.32 Å². The Bertz CT molecular complexity index is 1480. The molecule has 35 heavy (non-hydrogen) atoms. The normalized spacial score (nSPS) is 19.9. The van der Waals surface area contributed by atoms with Gasteiger partial charge in [-0.05, 0) is 37.1 Å². The van der Waals surface area contributed by atoms with Crippen LogP contribution in [-0.2, 0) is 14.3 Å². The van der Waals surface area contributed by atoms with E-state index < -0.39 is 11.9 Å². The van der Waals surface area contributed by atoms with Gasteiger partial charge in [0.2, 0.25) is 0 Å². The molecule has 0 amide bonds. The van der Waals surface area contributed by atoms with Crippen LogP contribution in [0.2, 0.25) is 0 Å². The van der Waals surface area contributed by atoms with Crippen LogP contribution in [0, 0.1) is 0 Å². The number of hydrogen-bond acceptors (Lipinski definition) is 7. The number of ketones is 1. The Morgan fingerprint density at radius 1 is 1.00 bits per heavy atom. The highest BCUT2D eigenvalue weighted by Gasteiger charge is 2.43. The van der Waals surface area contributed by atoms with Gasteiger partial charge in [-0.15, -0.1) is 0 Å². The molecule has 0 saturated heterocycles. The zero-order valence-corrected chi connectivity index (χ0v) is 19.7. The molecular formula is C28H25NO6. The summed E-state index contributed by atoms with van der Waals surface area (Å²) >= 11 is 0. The van der Waals surface area contributed by atoms with Gasteiger partial charge in [-0.25, -0.2) is 4.79 Å². The molecule has 2 atom stereocenters. The summed E-state index contributed by atoms with van der Waals surface area (Å²) in [5.41, 5.74) is 3.22. The van der Waals surface area contributed by atoms with Crippen molar-refractivity contribution < 1.29 is 23.5 Å². The fourth-order valence-electron chi connectivity index (χ4n) is 5.25. The summed E-state index contributed by atoms with van der Waals surface area (Å²) in [6.07, 6.45) is 2.12. The molecule has 178 valence electrons. The summed E-state index contributed by atoms with van der Waals surface area (Å²) in [6, 6.07) is 14.6. The number of para-hydroxylation sites is 2. The number of rotatable bonds is 4. The predicted octanol–water partition coefficient (Wildman–Crippen LogP) is 4.34. The summed E-state index contributed by atoms with van der Waals surface area (Å²) in [4.78, 5) is 40.1. The summed E-state index contributed by atoms with van der Waals surface area (Å²) in [6.45, 7) is 1.75. The van der Waals surface area contributed by atoms with E-state index in [9.17, 15) is 14.4 Å². The Kier molecular flexibility index (Phi) is 5.76. The minimum Gasteiger partial charge on any atom is -0.496 e. The Hall–Kier alpha value is -4.13. The highest BCUT2D eigenvalue weighted by molar-refractivity contribution is 6.04. The van der Waals surface area contributed by atoms with Crippen LogP contribution in [-0.4, -0.2) is 26.0 Å². The largest absolute Gasteiger partial charge is 0.496 e. The van der Waals surface area contributed by atoms with E-state index >= 15 is 0 Å². The number of ether oxygens (including phenoxy) is 2. The quantitative estimate of drug-likeness (QED) is 0.566. The number of dihydropyridines is 1. The van der Waals surface area contributed by atoms with E-state index in [4.69, 9.17) is 13.9 Å². The standard InChI is InChI=1S/C28H25NO6/c1-15-24(28(32)34-3)25(19-14-35-23-11-7-5-9-18(23)27(19)31)26-20(29-15)12-16(13-21(26)30)17-8-4-6-10-22(17)33-2/h4-11,14,16,25,29H,12-13H2,1-3H3/t16-,25-/m1/s1. The molecule has 1 N–H and O–H groups in total. The highest BCUT2D eigenvalue weighted by Crippen LogP contribution is 2.46. The SMILES string of the molecule is COC(=O)C1=C(C)NC2=C(C(=O)C[C@H](c3ccccc3OC)C2)[C@@H]1c1coc2ccccc2c1=O. The maximum Gasteiger partial charge on any atom is 0.336 e. The second-order valence-electron chi connectivity index (χ2n) is 8.77. The number of carbonyl (C=O) groups is 2. The van der Waals surface area contributed by atoms with Gasteiger partial charge < -0.3 is 19.2 Å². The average molecular weight is 472 g/mol. The molecule has 2 heterocycles. The predicted molar refractivity (Wildman–Crippen MR) is 130 cm³/mol. The third-order valence-corrected chi connectivity index (χ3v) is 6.83. The lowest BCUT2D eigenvalue weighted by molar-refractivity contribution is -0.136. The minimum atomic E-state index is -0.884. The fourth-order valence-corrected chi connectivity index (χ4v) is 5.25. The molecule has 1 aromatic heterocycles. The molecule has 2 aromatic carbocycles. The van der Waals surface area contributed by atoms with Crippen LogP contribution in [0.25, 0.3) is 11.0 Å². The molecule has 1 aliphatic heterocycles. The van der Waals surface area contributed by atoms with Crippen LogP contribution in [0.4, 0.5) is 0 Å². The molecule has 0 saturated carbocycles. The molecule has 7 nitrogen and oxygen atoms in total. The Labute approximate surface area is 202 Å². The first-order valence-corrected chi connectivity index (χ1v) is 11.4. The van der Waals surface area contributed by atoms with Crippen LogP contribution in [0.1, 0.15) is 42.7 Å². The van der Waals surface area contributed by atoms with Gasteiger partial charge in [0, 0.05) is 34.9 Å². The van der Waals surface area contributed by atoms with Crippen molar-refractivity contribution in [2.24, 2.45) is 0 Å². The van der Waals surface area contributed by atoms with Crippen molar-refractivity contribution in [3.63, 3.8) is 0 Å². The van der Waals surface area contributed by atoms with E-state index in [0.29, 0.717) is 34.4 Å². The Morgan fingerprint density at radius 2 is 1.74 bits per heavy atom. The summed E-state index contributed by atoms with van der Waals surface area (Å²) < 4.78 is 16.3. The molecule has 2 aliphatic rings. The topological polar surface area (TPSA) is 94.8 Å². The Morgan fingerprint density at radius 3 is 2.51 bits per heavy atom. The average Bonchev–Trinajstić information content (AvgIpc) is 2.87. The zero-order valence-electron chi connectivity index (χ0n) is 19.7. The van der Waals surface area contributed by atoms with Crippen molar-refractivity contribution >= 4 is 22.7 Å². The van der Waals surface area contributed by atoms with Crippen molar-refractivity contribution in [2.75, 3.05) is 14.2 Å². The first-order valence-electron chi connectivity index (χ1n) is 11.4. The van der Waals surface area contributed by atoms with Crippen LogP contribution < -0.4 is 15.5 Å². The molecule has 0 spiro atoms. The number of esters is 1. The monoisotopic (exact) mass is 471 g/mol. The second-order valence-corrected chi connectivity index (χ2v) is 8.77. The van der Waals surface area contributed by atoms with Gasteiger partial charge in [-0.3, -0.25) is 9.59 Å². The van der Waals surface area contributed by atoms with E-state index in [0.717, 1.165) is 11.3 Å². The van der Waals surface area contributed by atoms with Gasteiger partial charge in [0.25, 0.3) is 0 Å². The number of hydrogen-bond donors (Lipinski definition) is 1. The number of allylic oxidation sites excluding steroid dienone is 3.